The van der Waals surface area contributed by atoms with Crippen LogP contribution < -0.4 is 51.4 Å². The van der Waals surface area contributed by atoms with E-state index < -0.39 is 0 Å². The second kappa shape index (κ2) is 19.6. The van der Waals surface area contributed by atoms with Crippen molar-refractivity contribution in [2.24, 2.45) is 0 Å². The second-order valence-electron chi connectivity index (χ2n) is 14.5. The summed E-state index contributed by atoms with van der Waals surface area (Å²) < 4.78 is 0. The average Bonchev–Trinajstić information content (AvgIpc) is 3.85. The first-order valence-electron chi connectivity index (χ1n) is 19.3. The zero-order valence-electron chi connectivity index (χ0n) is 33.0. The van der Waals surface area contributed by atoms with Crippen LogP contribution in [0.3, 0.4) is 0 Å². The van der Waals surface area contributed by atoms with Crippen molar-refractivity contribution in [3.05, 3.63) is 239 Å². The van der Waals surface area contributed by atoms with Crippen molar-refractivity contribution in [2.75, 3.05) is 0 Å². The third-order valence-corrected chi connectivity index (χ3v) is 10.9. The molecule has 0 radical (unpaired) electrons. The largest absolute Gasteiger partial charge is 1.00 e. The number of allylic oxidation sites excluding steroid dienone is 4. The molecular weight excluding hydrogens is 780 g/mol. The average molecular weight is 821 g/mol. The molecule has 0 spiro atoms. The van der Waals surface area contributed by atoms with Crippen LogP contribution in [0.25, 0.3) is 43.8 Å². The van der Waals surface area contributed by atoms with Gasteiger partial charge >= 0.3 is 51.4 Å². The maximum atomic E-state index is 13.7. The maximum Gasteiger partial charge on any atom is 1.00 e. The van der Waals surface area contributed by atoms with Gasteiger partial charge in [-0.2, -0.15) is 0 Å². The topological polar surface area (TPSA) is 98.3 Å². The van der Waals surface area contributed by atoms with Gasteiger partial charge < -0.3 is 5.48 Å². The molecule has 0 fully saturated rings. The Kier molecular flexibility index (Phi) is 14.3. The van der Waals surface area contributed by atoms with E-state index in [9.17, 15) is 19.2 Å². The fourth-order valence-electron chi connectivity index (χ4n) is 8.33. The summed E-state index contributed by atoms with van der Waals surface area (Å²) in [4.78, 5) is 48.6. The van der Waals surface area contributed by atoms with Crippen molar-refractivity contribution in [1.29, 1.82) is 0 Å². The number of carbonyl (C=O) groups is 4. The van der Waals surface area contributed by atoms with Crippen molar-refractivity contribution in [1.82, 2.24) is 0 Å². The number of ketones is 4. The minimum atomic E-state index is -0.378. The third-order valence-electron chi connectivity index (χ3n) is 10.9. The van der Waals surface area contributed by atoms with Gasteiger partial charge in [0.15, 0.2) is 5.78 Å². The van der Waals surface area contributed by atoms with Gasteiger partial charge in [-0.1, -0.05) is 202 Å². The summed E-state index contributed by atoms with van der Waals surface area (Å²) in [5, 5.41) is 4.24. The molecule has 292 valence electrons. The number of benzene rings is 8. The number of rotatable bonds is 6. The molecule has 0 bridgehead atoms. The number of Topliss-reactive ketones (excluding diaryl/α,β-unsaturated/α-hetero) is 4. The molecule has 0 saturated heterocycles. The predicted octanol–water partition coefficient (Wildman–Crippen LogP) is 8.98. The van der Waals surface area contributed by atoms with Crippen molar-refractivity contribution in [3.63, 3.8) is 0 Å². The molecule has 11 rings (SSSR count). The first-order valence-corrected chi connectivity index (χ1v) is 19.3. The van der Waals surface area contributed by atoms with E-state index in [0.717, 1.165) is 55.3 Å². The molecule has 61 heavy (non-hydrogen) atoms. The summed E-state index contributed by atoms with van der Waals surface area (Å²) in [6.07, 6.45) is 1.05. The molecule has 3 aliphatic carbocycles. The molecule has 0 atom stereocenters. The molecular formula is C55H41KO5. The number of hydrogen-bond acceptors (Lipinski definition) is 5. The zero-order valence-corrected chi connectivity index (χ0v) is 36.1. The van der Waals surface area contributed by atoms with Gasteiger partial charge in [0.2, 0.25) is 11.6 Å². The Balaban J connectivity index is 0.000000162. The molecule has 0 aromatic heterocycles. The second-order valence-corrected chi connectivity index (χ2v) is 14.5. The first-order chi connectivity index (χ1) is 28.5. The van der Waals surface area contributed by atoms with E-state index >= 15 is 0 Å². The number of carbonyl (C=O) groups excluding carboxylic acids is 4. The smallest absolute Gasteiger partial charge is 0.870 e. The fraction of sp³-hybridized carbons (Fsp3) is 0.0545. The van der Waals surface area contributed by atoms with E-state index in [1.54, 1.807) is 24.3 Å². The molecule has 0 saturated carbocycles. The minimum absolute atomic E-state index is 0. The van der Waals surface area contributed by atoms with Crippen molar-refractivity contribution >= 4 is 67.0 Å². The first kappa shape index (κ1) is 44.6. The Hall–Kier alpha value is -5.96. The van der Waals surface area contributed by atoms with E-state index in [0.29, 0.717) is 24.0 Å². The van der Waals surface area contributed by atoms with E-state index in [4.69, 9.17) is 0 Å². The van der Waals surface area contributed by atoms with Gasteiger partial charge in [0.1, 0.15) is 5.78 Å². The number of fused-ring (bicyclic) bond motifs is 3. The van der Waals surface area contributed by atoms with Crippen LogP contribution in [-0.4, -0.2) is 28.6 Å². The molecule has 8 aromatic carbocycles. The van der Waals surface area contributed by atoms with Gasteiger partial charge in [-0.15, -0.1) is 0 Å². The number of hydrogen-bond donors (Lipinski definition) is 0. The summed E-state index contributed by atoms with van der Waals surface area (Å²) in [6, 6.07) is 63.5. The van der Waals surface area contributed by atoms with Crippen LogP contribution in [0.15, 0.2) is 194 Å². The van der Waals surface area contributed by atoms with E-state index in [1.165, 1.54) is 21.9 Å². The quantitative estimate of drug-likeness (QED) is 0.123. The van der Waals surface area contributed by atoms with Gasteiger partial charge in [0.05, 0.1) is 0 Å². The van der Waals surface area contributed by atoms with Crippen LogP contribution in [0.5, 0.6) is 0 Å². The summed E-state index contributed by atoms with van der Waals surface area (Å²) in [6.45, 7) is 0. The summed E-state index contributed by atoms with van der Waals surface area (Å²) >= 11 is 0. The Bertz CT molecular complexity index is 2800. The van der Waals surface area contributed by atoms with Crippen LogP contribution in [0, 0.1) is 0 Å². The van der Waals surface area contributed by atoms with Crippen LogP contribution in [0.2, 0.25) is 0 Å². The standard InChI is InChI=1S/C27H16O.C15H14O.C12H6O2.CH4.K.H2O/c28-27-23(18-9-3-1-4-10-18)25-20-15-7-13-17-14-8-16-21(22(17)20)26(25)24(27)19-11-5-2-6-12-19;16-15(11-13-7-3-1-4-8-13)12-14-9-5-2-6-10-14;13-11-8-5-1-3-7-4-2-6-9(10(7)8)12(11)14;;;/h1-16H;1-10H,11-12H2;1-6H;1H4;;1H2/q;;;;+1;/p-1. The molecule has 3 aliphatic rings. The minimum Gasteiger partial charge on any atom is -0.870 e. The molecule has 0 aliphatic heterocycles. The molecule has 0 heterocycles. The van der Waals surface area contributed by atoms with Crippen LogP contribution in [-0.2, 0) is 22.4 Å². The molecule has 8 aromatic rings. The third kappa shape index (κ3) is 8.65. The Labute approximate surface area is 398 Å². The molecule has 0 unspecified atom stereocenters. The fourth-order valence-corrected chi connectivity index (χ4v) is 8.33. The Morgan fingerprint density at radius 1 is 0.344 bits per heavy atom. The zero-order chi connectivity index (χ0) is 39.6. The van der Waals surface area contributed by atoms with Crippen LogP contribution >= 0.6 is 0 Å². The SMILES string of the molecule is C.O=C(Cc1ccccc1)Cc1ccccc1.O=C1C(=O)c2cccc3cccc1c23.O=C1C(c2ccccc2)=C2C(=C1c1ccccc1)c1cccc3cccc2c13.[K+].[OH-]. The van der Waals surface area contributed by atoms with Gasteiger partial charge in [-0.3, -0.25) is 19.2 Å². The predicted molar refractivity (Wildman–Crippen MR) is 242 cm³/mol. The maximum absolute atomic E-state index is 13.7. The van der Waals surface area contributed by atoms with Crippen LogP contribution in [0.1, 0.15) is 61.5 Å². The summed E-state index contributed by atoms with van der Waals surface area (Å²) in [5.41, 5.74) is 11.4. The van der Waals surface area contributed by atoms with E-state index in [1.807, 2.05) is 133 Å². The monoisotopic (exact) mass is 820 g/mol. The van der Waals surface area contributed by atoms with Crippen LogP contribution in [0.4, 0.5) is 0 Å². The van der Waals surface area contributed by atoms with Crippen molar-refractivity contribution < 1.29 is 76.0 Å². The van der Waals surface area contributed by atoms with E-state index in [2.05, 4.69) is 36.4 Å². The van der Waals surface area contributed by atoms with Gasteiger partial charge in [-0.25, -0.2) is 0 Å². The van der Waals surface area contributed by atoms with Crippen molar-refractivity contribution in [3.8, 4) is 0 Å². The molecule has 5 nitrogen and oxygen atoms in total. The summed E-state index contributed by atoms with van der Waals surface area (Å²) in [7, 11) is 0. The van der Waals surface area contributed by atoms with E-state index in [-0.39, 0.29) is 87.4 Å². The van der Waals surface area contributed by atoms with Gasteiger partial charge in [0.25, 0.3) is 0 Å². The van der Waals surface area contributed by atoms with Gasteiger partial charge in [-0.05, 0) is 49.5 Å². The van der Waals surface area contributed by atoms with Crippen molar-refractivity contribution in [2.45, 2.75) is 20.3 Å². The Morgan fingerprint density at radius 2 is 0.656 bits per heavy atom. The summed E-state index contributed by atoms with van der Waals surface area (Å²) in [5.74, 6) is -0.375. The Morgan fingerprint density at radius 3 is 1.02 bits per heavy atom. The molecule has 6 heteroatoms. The van der Waals surface area contributed by atoms with Gasteiger partial charge in [0, 0.05) is 51.6 Å². The normalized spacial score (nSPS) is 12.7. The molecule has 0 amide bonds. The molecule has 1 N–H and O–H groups in total.